The van der Waals surface area contributed by atoms with Crippen molar-refractivity contribution >= 4 is 17.4 Å². The van der Waals surface area contributed by atoms with E-state index in [9.17, 15) is 4.79 Å². The molecule has 0 fully saturated rings. The molecule has 0 bridgehead atoms. The highest BCUT2D eigenvalue weighted by molar-refractivity contribution is 6.32. The molecule has 0 amide bonds. The van der Waals surface area contributed by atoms with Gasteiger partial charge in [0.1, 0.15) is 5.78 Å². The van der Waals surface area contributed by atoms with Gasteiger partial charge in [0.25, 0.3) is 0 Å². The lowest BCUT2D eigenvalue weighted by Gasteiger charge is -2.24. The molecule has 118 valence electrons. The lowest BCUT2D eigenvalue weighted by molar-refractivity contribution is -0.121. The summed E-state index contributed by atoms with van der Waals surface area (Å²) < 4.78 is 16.1. The number of ether oxygens (including phenoxy) is 3. The number of hydrogen-bond donors (Lipinski definition) is 0. The minimum atomic E-state index is -0.290. The van der Waals surface area contributed by atoms with Gasteiger partial charge in [-0.3, -0.25) is 4.79 Å². The lowest BCUT2D eigenvalue weighted by Crippen LogP contribution is -2.18. The molecule has 0 heterocycles. The van der Waals surface area contributed by atoms with Gasteiger partial charge in [0.2, 0.25) is 5.75 Å². The van der Waals surface area contributed by atoms with E-state index in [4.69, 9.17) is 25.8 Å². The zero-order valence-corrected chi connectivity index (χ0v) is 14.2. The molecule has 0 spiro atoms. The summed E-state index contributed by atoms with van der Waals surface area (Å²) in [6.07, 6.45) is 0.456. The lowest BCUT2D eigenvalue weighted by atomic mass is 9.83. The smallest absolute Gasteiger partial charge is 0.205 e. The third-order valence-corrected chi connectivity index (χ3v) is 3.76. The average molecular weight is 315 g/mol. The molecular weight excluding hydrogens is 292 g/mol. The van der Waals surface area contributed by atoms with Gasteiger partial charge in [0.05, 0.1) is 26.4 Å². The molecule has 0 aromatic heterocycles. The van der Waals surface area contributed by atoms with E-state index in [0.29, 0.717) is 28.7 Å². The highest BCUT2D eigenvalue weighted by atomic mass is 35.5. The number of ketones is 1. The fourth-order valence-corrected chi connectivity index (χ4v) is 2.83. The van der Waals surface area contributed by atoms with Gasteiger partial charge in [-0.1, -0.05) is 32.4 Å². The van der Waals surface area contributed by atoms with Gasteiger partial charge < -0.3 is 14.2 Å². The maximum Gasteiger partial charge on any atom is 0.205 e. The number of rotatable bonds is 7. The van der Waals surface area contributed by atoms with Crippen LogP contribution in [-0.2, 0) is 4.79 Å². The molecule has 1 aromatic rings. The summed E-state index contributed by atoms with van der Waals surface area (Å²) in [5, 5.41) is 0.403. The Balaban J connectivity index is 3.61. The number of Topliss-reactive ketones (excluding diaryl/α,β-unsaturated/α-hetero) is 1. The number of hydrogen-bond acceptors (Lipinski definition) is 4. The molecule has 21 heavy (non-hydrogen) atoms. The van der Waals surface area contributed by atoms with Gasteiger partial charge in [-0.15, -0.1) is 0 Å². The molecular formula is C16H23ClO4. The minimum absolute atomic E-state index is 0.125. The van der Waals surface area contributed by atoms with Crippen LogP contribution in [0.2, 0.25) is 5.02 Å². The van der Waals surface area contributed by atoms with Crippen molar-refractivity contribution in [2.45, 2.75) is 33.1 Å². The number of benzene rings is 1. The first-order valence-electron chi connectivity index (χ1n) is 6.93. The van der Waals surface area contributed by atoms with E-state index in [-0.39, 0.29) is 17.6 Å². The second kappa shape index (κ2) is 7.55. The largest absolute Gasteiger partial charge is 0.492 e. The molecule has 0 aliphatic heterocycles. The minimum Gasteiger partial charge on any atom is -0.492 e. The number of carbonyl (C=O) groups excluding carboxylic acids is 1. The summed E-state index contributed by atoms with van der Waals surface area (Å²) in [5.74, 6) is 1.30. The van der Waals surface area contributed by atoms with Crippen LogP contribution in [0.25, 0.3) is 0 Å². The van der Waals surface area contributed by atoms with Crippen LogP contribution in [0.4, 0.5) is 0 Å². The van der Waals surface area contributed by atoms with E-state index in [0.717, 1.165) is 5.56 Å². The van der Waals surface area contributed by atoms with Gasteiger partial charge in [0.15, 0.2) is 11.5 Å². The first-order valence-corrected chi connectivity index (χ1v) is 7.31. The topological polar surface area (TPSA) is 44.8 Å². The molecule has 0 aliphatic carbocycles. The molecule has 0 radical (unpaired) electrons. The van der Waals surface area contributed by atoms with Crippen LogP contribution in [0.1, 0.15) is 38.7 Å². The highest BCUT2D eigenvalue weighted by Gasteiger charge is 2.30. The Morgan fingerprint density at radius 2 is 1.62 bits per heavy atom. The van der Waals surface area contributed by atoms with Crippen molar-refractivity contribution in [1.29, 1.82) is 0 Å². The summed E-state index contributed by atoms with van der Waals surface area (Å²) in [7, 11) is 4.58. The molecule has 1 aromatic carbocycles. The fraction of sp³-hybridized carbons (Fsp3) is 0.562. The van der Waals surface area contributed by atoms with Gasteiger partial charge >= 0.3 is 0 Å². The molecule has 4 nitrogen and oxygen atoms in total. The first-order chi connectivity index (χ1) is 9.92. The van der Waals surface area contributed by atoms with Crippen LogP contribution >= 0.6 is 11.6 Å². The standard InChI is InChI=1S/C16H23ClO4/c1-7-12(18)13(9(2)3)10-8-11(17)15(20-5)16(21-6)14(10)19-4/h8-9,13H,7H2,1-6H3. The summed E-state index contributed by atoms with van der Waals surface area (Å²) >= 11 is 6.27. The second-order valence-electron chi connectivity index (χ2n) is 5.09. The van der Waals surface area contributed by atoms with Gasteiger partial charge in [0, 0.05) is 17.9 Å². The molecule has 1 rings (SSSR count). The molecule has 0 saturated heterocycles. The second-order valence-corrected chi connectivity index (χ2v) is 5.50. The summed E-state index contributed by atoms with van der Waals surface area (Å²) in [4.78, 5) is 12.3. The number of halogens is 1. The predicted octanol–water partition coefficient (Wildman–Crippen LogP) is 4.08. The molecule has 1 atom stereocenters. The number of carbonyl (C=O) groups is 1. The maximum absolute atomic E-state index is 12.3. The Kier molecular flexibility index (Phi) is 6.34. The van der Waals surface area contributed by atoms with E-state index >= 15 is 0 Å². The van der Waals surface area contributed by atoms with Gasteiger partial charge in [-0.25, -0.2) is 0 Å². The molecule has 1 unspecified atom stereocenters. The van der Waals surface area contributed by atoms with Crippen LogP contribution in [0.15, 0.2) is 6.07 Å². The third kappa shape index (κ3) is 3.43. The van der Waals surface area contributed by atoms with Gasteiger partial charge in [-0.2, -0.15) is 0 Å². The van der Waals surface area contributed by atoms with Crippen LogP contribution in [0.5, 0.6) is 17.2 Å². The van der Waals surface area contributed by atoms with Crippen molar-refractivity contribution in [2.24, 2.45) is 5.92 Å². The van der Waals surface area contributed by atoms with E-state index in [2.05, 4.69) is 0 Å². The molecule has 5 heteroatoms. The van der Waals surface area contributed by atoms with Crippen molar-refractivity contribution in [3.63, 3.8) is 0 Å². The van der Waals surface area contributed by atoms with Crippen LogP contribution in [0, 0.1) is 5.92 Å². The number of methoxy groups -OCH3 is 3. The SMILES string of the molecule is CCC(=O)C(c1cc(Cl)c(OC)c(OC)c1OC)C(C)C. The summed E-state index contributed by atoms with van der Waals surface area (Å²) in [6, 6.07) is 1.74. The average Bonchev–Trinajstić information content (AvgIpc) is 2.45. The van der Waals surface area contributed by atoms with Crippen molar-refractivity contribution in [3.05, 3.63) is 16.7 Å². The molecule has 0 saturated carbocycles. The Labute approximate surface area is 131 Å². The van der Waals surface area contributed by atoms with E-state index in [1.807, 2.05) is 20.8 Å². The fourth-order valence-electron chi connectivity index (χ4n) is 2.55. The summed E-state index contributed by atoms with van der Waals surface area (Å²) in [5.41, 5.74) is 0.738. The van der Waals surface area contributed by atoms with Crippen LogP contribution in [0.3, 0.4) is 0 Å². The first kappa shape index (κ1) is 17.6. The van der Waals surface area contributed by atoms with Crippen molar-refractivity contribution < 1.29 is 19.0 Å². The molecule has 0 N–H and O–H groups in total. The predicted molar refractivity (Wildman–Crippen MR) is 84.0 cm³/mol. The Morgan fingerprint density at radius 1 is 1.10 bits per heavy atom. The van der Waals surface area contributed by atoms with Crippen LogP contribution < -0.4 is 14.2 Å². The monoisotopic (exact) mass is 314 g/mol. The third-order valence-electron chi connectivity index (χ3n) is 3.48. The quantitative estimate of drug-likeness (QED) is 0.760. The van der Waals surface area contributed by atoms with Crippen LogP contribution in [-0.4, -0.2) is 27.1 Å². The zero-order valence-electron chi connectivity index (χ0n) is 13.5. The normalized spacial score (nSPS) is 12.2. The highest BCUT2D eigenvalue weighted by Crippen LogP contribution is 2.48. The van der Waals surface area contributed by atoms with Crippen molar-refractivity contribution in [1.82, 2.24) is 0 Å². The van der Waals surface area contributed by atoms with Gasteiger partial charge in [-0.05, 0) is 12.0 Å². The van der Waals surface area contributed by atoms with Crippen molar-refractivity contribution in [3.8, 4) is 17.2 Å². The van der Waals surface area contributed by atoms with E-state index < -0.39 is 0 Å². The van der Waals surface area contributed by atoms with Crippen molar-refractivity contribution in [2.75, 3.05) is 21.3 Å². The van der Waals surface area contributed by atoms with E-state index in [1.165, 1.54) is 14.2 Å². The molecule has 0 aliphatic rings. The Morgan fingerprint density at radius 3 is 2.00 bits per heavy atom. The Bertz CT molecular complexity index is 511. The zero-order chi connectivity index (χ0) is 16.2. The Hall–Kier alpha value is -1.42. The van der Waals surface area contributed by atoms with E-state index in [1.54, 1.807) is 13.2 Å². The summed E-state index contributed by atoms with van der Waals surface area (Å²) in [6.45, 7) is 5.86. The maximum atomic E-state index is 12.3.